The number of hydrogen-bond acceptors (Lipinski definition) is 6. The summed E-state index contributed by atoms with van der Waals surface area (Å²) >= 11 is 0. The summed E-state index contributed by atoms with van der Waals surface area (Å²) in [6, 6.07) is 11.8. The molecule has 1 fully saturated rings. The number of rotatable bonds is 5. The number of benzene rings is 1. The first-order valence-corrected chi connectivity index (χ1v) is 8.17. The van der Waals surface area contributed by atoms with Crippen LogP contribution in [0.15, 0.2) is 36.7 Å². The summed E-state index contributed by atoms with van der Waals surface area (Å²) in [4.78, 5) is 10.8. The van der Waals surface area contributed by atoms with Crippen molar-refractivity contribution >= 4 is 11.6 Å². The first-order chi connectivity index (χ1) is 11.7. The third-order valence-corrected chi connectivity index (χ3v) is 4.44. The molecule has 6 heteroatoms. The van der Waals surface area contributed by atoms with E-state index in [2.05, 4.69) is 33.2 Å². The van der Waals surface area contributed by atoms with Crippen molar-refractivity contribution in [3.05, 3.63) is 47.8 Å². The SMILES string of the molecule is C[C@H](Nc1cc(N2CCC[C@@H]2CO)ncn1)c1ccc(C#N)cc1. The number of nitriles is 1. The predicted octanol–water partition coefficient (Wildman–Crippen LogP) is 2.48. The second kappa shape index (κ2) is 7.28. The van der Waals surface area contributed by atoms with Crippen LogP contribution in [-0.2, 0) is 0 Å². The predicted molar refractivity (Wildman–Crippen MR) is 92.7 cm³/mol. The molecule has 24 heavy (non-hydrogen) atoms. The van der Waals surface area contributed by atoms with E-state index >= 15 is 0 Å². The van der Waals surface area contributed by atoms with Crippen LogP contribution in [0.25, 0.3) is 0 Å². The molecule has 1 aromatic carbocycles. The van der Waals surface area contributed by atoms with Crippen molar-refractivity contribution in [3.63, 3.8) is 0 Å². The van der Waals surface area contributed by atoms with Crippen LogP contribution in [0.1, 0.15) is 36.9 Å². The van der Waals surface area contributed by atoms with Gasteiger partial charge in [0, 0.05) is 18.7 Å². The highest BCUT2D eigenvalue weighted by Gasteiger charge is 2.25. The van der Waals surface area contributed by atoms with Crippen molar-refractivity contribution in [1.29, 1.82) is 5.26 Å². The Morgan fingerprint density at radius 2 is 2.17 bits per heavy atom. The second-order valence-corrected chi connectivity index (χ2v) is 6.03. The van der Waals surface area contributed by atoms with Gasteiger partial charge in [0.15, 0.2) is 0 Å². The molecule has 6 nitrogen and oxygen atoms in total. The number of aliphatic hydroxyl groups is 1. The molecule has 0 spiro atoms. The lowest BCUT2D eigenvalue weighted by atomic mass is 10.1. The molecule has 2 heterocycles. The number of hydrogen-bond donors (Lipinski definition) is 2. The first kappa shape index (κ1) is 16.2. The highest BCUT2D eigenvalue weighted by Crippen LogP contribution is 2.26. The van der Waals surface area contributed by atoms with Gasteiger partial charge in [0.25, 0.3) is 0 Å². The van der Waals surface area contributed by atoms with Crippen molar-refractivity contribution in [2.45, 2.75) is 31.8 Å². The number of nitrogens with one attached hydrogen (secondary N) is 1. The minimum Gasteiger partial charge on any atom is -0.394 e. The quantitative estimate of drug-likeness (QED) is 0.879. The third-order valence-electron chi connectivity index (χ3n) is 4.44. The van der Waals surface area contributed by atoms with E-state index in [4.69, 9.17) is 5.26 Å². The van der Waals surface area contributed by atoms with E-state index in [0.29, 0.717) is 5.56 Å². The van der Waals surface area contributed by atoms with Crippen molar-refractivity contribution in [3.8, 4) is 6.07 Å². The maximum Gasteiger partial charge on any atom is 0.134 e. The van der Waals surface area contributed by atoms with Gasteiger partial charge >= 0.3 is 0 Å². The summed E-state index contributed by atoms with van der Waals surface area (Å²) in [6.07, 6.45) is 3.61. The molecule has 1 aliphatic heterocycles. The molecule has 0 unspecified atom stereocenters. The van der Waals surface area contributed by atoms with Crippen LogP contribution in [0.2, 0.25) is 0 Å². The molecule has 1 saturated heterocycles. The van der Waals surface area contributed by atoms with Crippen molar-refractivity contribution in [2.75, 3.05) is 23.4 Å². The van der Waals surface area contributed by atoms with Gasteiger partial charge in [-0.05, 0) is 37.5 Å². The fourth-order valence-corrected chi connectivity index (χ4v) is 3.06. The zero-order valence-electron chi connectivity index (χ0n) is 13.7. The molecule has 0 saturated carbocycles. The standard InChI is InChI=1S/C18H21N5O/c1-13(15-6-4-14(10-19)5-7-15)22-17-9-18(21-12-20-17)23-8-2-3-16(23)11-24/h4-7,9,12-13,16,24H,2-3,8,11H2,1H3,(H,20,21,22)/t13-,16+/m0/s1. The van der Waals surface area contributed by atoms with E-state index in [1.807, 2.05) is 30.3 Å². The zero-order valence-corrected chi connectivity index (χ0v) is 13.7. The molecule has 0 amide bonds. The van der Waals surface area contributed by atoms with Gasteiger partial charge in [-0.3, -0.25) is 0 Å². The topological polar surface area (TPSA) is 85.1 Å². The Balaban J connectivity index is 1.73. The largest absolute Gasteiger partial charge is 0.394 e. The average molecular weight is 323 g/mol. The lowest BCUT2D eigenvalue weighted by molar-refractivity contribution is 0.266. The van der Waals surface area contributed by atoms with E-state index in [9.17, 15) is 5.11 Å². The first-order valence-electron chi connectivity index (χ1n) is 8.17. The Kier molecular flexibility index (Phi) is 4.92. The van der Waals surface area contributed by atoms with Crippen molar-refractivity contribution < 1.29 is 5.11 Å². The molecule has 2 aromatic rings. The average Bonchev–Trinajstić information content (AvgIpc) is 3.11. The summed E-state index contributed by atoms with van der Waals surface area (Å²) in [5.41, 5.74) is 1.74. The smallest absolute Gasteiger partial charge is 0.134 e. The minimum absolute atomic E-state index is 0.0627. The summed E-state index contributed by atoms with van der Waals surface area (Å²) in [5.74, 6) is 1.59. The Morgan fingerprint density at radius 3 is 2.88 bits per heavy atom. The van der Waals surface area contributed by atoms with Gasteiger partial charge in [0.05, 0.1) is 24.3 Å². The number of nitrogens with zero attached hydrogens (tertiary/aromatic N) is 4. The third kappa shape index (κ3) is 3.47. The fraction of sp³-hybridized carbons (Fsp3) is 0.389. The van der Waals surface area contributed by atoms with Crippen LogP contribution < -0.4 is 10.2 Å². The van der Waals surface area contributed by atoms with Crippen molar-refractivity contribution in [2.24, 2.45) is 0 Å². The summed E-state index contributed by atoms with van der Waals surface area (Å²) in [5, 5.41) is 21.7. The van der Waals surface area contributed by atoms with Gasteiger partial charge in [0.2, 0.25) is 0 Å². The highest BCUT2D eigenvalue weighted by molar-refractivity contribution is 5.51. The zero-order chi connectivity index (χ0) is 16.9. The Morgan fingerprint density at radius 1 is 1.38 bits per heavy atom. The van der Waals surface area contributed by atoms with E-state index in [1.54, 1.807) is 6.33 Å². The Labute approximate surface area is 141 Å². The van der Waals surface area contributed by atoms with Crippen LogP contribution >= 0.6 is 0 Å². The molecule has 3 rings (SSSR count). The fourth-order valence-electron chi connectivity index (χ4n) is 3.06. The van der Waals surface area contributed by atoms with Crippen LogP contribution in [0, 0.1) is 11.3 Å². The molecule has 1 aliphatic rings. The van der Waals surface area contributed by atoms with Crippen molar-refractivity contribution in [1.82, 2.24) is 9.97 Å². The van der Waals surface area contributed by atoms with E-state index in [1.165, 1.54) is 0 Å². The minimum atomic E-state index is 0.0627. The number of aliphatic hydroxyl groups excluding tert-OH is 1. The van der Waals surface area contributed by atoms with Crippen LogP contribution in [0.3, 0.4) is 0 Å². The maximum atomic E-state index is 9.48. The monoisotopic (exact) mass is 323 g/mol. The van der Waals surface area contributed by atoms with Crippen LogP contribution in [0.5, 0.6) is 0 Å². The summed E-state index contributed by atoms with van der Waals surface area (Å²) in [7, 11) is 0. The van der Waals surface area contributed by atoms with Crippen LogP contribution in [-0.4, -0.2) is 34.3 Å². The molecule has 0 radical (unpaired) electrons. The van der Waals surface area contributed by atoms with E-state index in [0.717, 1.165) is 36.6 Å². The second-order valence-electron chi connectivity index (χ2n) is 6.03. The Hall–Kier alpha value is -2.65. The van der Waals surface area contributed by atoms with Gasteiger partial charge in [-0.1, -0.05) is 12.1 Å². The van der Waals surface area contributed by atoms with Crippen LogP contribution in [0.4, 0.5) is 11.6 Å². The lowest BCUT2D eigenvalue weighted by Gasteiger charge is -2.24. The molecule has 124 valence electrons. The molecule has 0 bridgehead atoms. The molecule has 1 aromatic heterocycles. The summed E-state index contributed by atoms with van der Waals surface area (Å²) in [6.45, 7) is 3.11. The van der Waals surface area contributed by atoms with Gasteiger partial charge in [0.1, 0.15) is 18.0 Å². The van der Waals surface area contributed by atoms with Gasteiger partial charge < -0.3 is 15.3 Å². The molecule has 2 atom stereocenters. The maximum absolute atomic E-state index is 9.48. The lowest BCUT2D eigenvalue weighted by Crippen LogP contribution is -2.32. The van der Waals surface area contributed by atoms with Gasteiger partial charge in [-0.2, -0.15) is 5.26 Å². The molecular weight excluding hydrogens is 302 g/mol. The summed E-state index contributed by atoms with van der Waals surface area (Å²) < 4.78 is 0. The van der Waals surface area contributed by atoms with Gasteiger partial charge in [-0.15, -0.1) is 0 Å². The molecule has 2 N–H and O–H groups in total. The Bertz CT molecular complexity index is 725. The molecule has 0 aliphatic carbocycles. The highest BCUT2D eigenvalue weighted by atomic mass is 16.3. The van der Waals surface area contributed by atoms with E-state index < -0.39 is 0 Å². The van der Waals surface area contributed by atoms with E-state index in [-0.39, 0.29) is 18.7 Å². The normalized spacial score (nSPS) is 18.2. The number of aromatic nitrogens is 2. The van der Waals surface area contributed by atoms with Gasteiger partial charge in [-0.25, -0.2) is 9.97 Å². The number of anilines is 2. The molecular formula is C18H21N5O.